The van der Waals surface area contributed by atoms with Crippen LogP contribution in [0.5, 0.6) is 0 Å². The third-order valence-corrected chi connectivity index (χ3v) is 4.59. The summed E-state index contributed by atoms with van der Waals surface area (Å²) in [5.74, 6) is -0.00205. The van der Waals surface area contributed by atoms with Crippen LogP contribution in [-0.2, 0) is 0 Å². The highest BCUT2D eigenvalue weighted by Gasteiger charge is 2.10. The van der Waals surface area contributed by atoms with Gasteiger partial charge in [-0.15, -0.1) is 0 Å². The Morgan fingerprint density at radius 3 is 2.70 bits per heavy atom. The standard InChI is InChI=1S/C16H25BrN2O/c1-12(2)19(4)11-6-5-10-18-16(20)14-9-7-8-13(3)15(14)17/h7-9,12H,5-6,10-11H2,1-4H3,(H,18,20). The summed E-state index contributed by atoms with van der Waals surface area (Å²) in [5.41, 5.74) is 1.79. The van der Waals surface area contributed by atoms with Gasteiger partial charge in [0.1, 0.15) is 0 Å². The molecular weight excluding hydrogens is 316 g/mol. The predicted molar refractivity (Wildman–Crippen MR) is 88.2 cm³/mol. The Hall–Kier alpha value is -0.870. The number of carbonyl (C=O) groups excluding carboxylic acids is 1. The van der Waals surface area contributed by atoms with E-state index in [0.717, 1.165) is 36.0 Å². The van der Waals surface area contributed by atoms with Crippen molar-refractivity contribution in [2.45, 2.75) is 39.7 Å². The van der Waals surface area contributed by atoms with Crippen molar-refractivity contribution in [1.82, 2.24) is 10.2 Å². The fraction of sp³-hybridized carbons (Fsp3) is 0.562. The van der Waals surface area contributed by atoms with Crippen LogP contribution in [0.15, 0.2) is 22.7 Å². The van der Waals surface area contributed by atoms with Gasteiger partial charge in [-0.3, -0.25) is 4.79 Å². The number of benzene rings is 1. The summed E-state index contributed by atoms with van der Waals surface area (Å²) in [5, 5.41) is 2.98. The summed E-state index contributed by atoms with van der Waals surface area (Å²) < 4.78 is 0.886. The van der Waals surface area contributed by atoms with Gasteiger partial charge in [-0.2, -0.15) is 0 Å². The highest BCUT2D eigenvalue weighted by atomic mass is 79.9. The number of nitrogens with zero attached hydrogens (tertiary/aromatic N) is 1. The molecule has 0 bridgehead atoms. The summed E-state index contributed by atoms with van der Waals surface area (Å²) in [4.78, 5) is 14.4. The normalized spacial score (nSPS) is 11.2. The number of aryl methyl sites for hydroxylation is 1. The molecule has 1 aromatic rings. The SMILES string of the molecule is Cc1cccc(C(=O)NCCCCN(C)C(C)C)c1Br. The van der Waals surface area contributed by atoms with Gasteiger partial charge in [0.2, 0.25) is 0 Å². The Morgan fingerprint density at radius 2 is 2.05 bits per heavy atom. The minimum atomic E-state index is -0.00205. The average molecular weight is 341 g/mol. The van der Waals surface area contributed by atoms with Gasteiger partial charge in [-0.05, 0) is 74.8 Å². The molecule has 1 N–H and O–H groups in total. The van der Waals surface area contributed by atoms with Crippen LogP contribution in [0.1, 0.15) is 42.6 Å². The molecule has 0 saturated carbocycles. The number of rotatable bonds is 7. The Bertz CT molecular complexity index is 446. The minimum absolute atomic E-state index is 0.00205. The molecule has 1 rings (SSSR count). The van der Waals surface area contributed by atoms with Crippen LogP contribution in [-0.4, -0.2) is 37.0 Å². The van der Waals surface area contributed by atoms with Gasteiger partial charge in [-0.1, -0.05) is 12.1 Å². The fourth-order valence-corrected chi connectivity index (χ4v) is 2.31. The monoisotopic (exact) mass is 340 g/mol. The van der Waals surface area contributed by atoms with Crippen molar-refractivity contribution < 1.29 is 4.79 Å². The zero-order chi connectivity index (χ0) is 15.1. The van der Waals surface area contributed by atoms with E-state index >= 15 is 0 Å². The quantitative estimate of drug-likeness (QED) is 0.769. The van der Waals surface area contributed by atoms with Crippen LogP contribution in [0.4, 0.5) is 0 Å². The number of halogens is 1. The molecule has 4 heteroatoms. The van der Waals surface area contributed by atoms with Crippen molar-refractivity contribution in [2.24, 2.45) is 0 Å². The molecule has 0 heterocycles. The summed E-state index contributed by atoms with van der Waals surface area (Å²) in [6.45, 7) is 8.17. The first-order valence-corrected chi connectivity index (χ1v) is 7.96. The summed E-state index contributed by atoms with van der Waals surface area (Å²) >= 11 is 3.47. The number of unbranched alkanes of at least 4 members (excludes halogenated alkanes) is 1. The van der Waals surface area contributed by atoms with E-state index in [1.54, 1.807) is 0 Å². The van der Waals surface area contributed by atoms with Crippen molar-refractivity contribution in [2.75, 3.05) is 20.1 Å². The topological polar surface area (TPSA) is 32.3 Å². The van der Waals surface area contributed by atoms with Crippen molar-refractivity contribution in [3.63, 3.8) is 0 Å². The highest BCUT2D eigenvalue weighted by molar-refractivity contribution is 9.10. The van der Waals surface area contributed by atoms with E-state index in [4.69, 9.17) is 0 Å². The van der Waals surface area contributed by atoms with Gasteiger partial charge in [0.25, 0.3) is 5.91 Å². The lowest BCUT2D eigenvalue weighted by atomic mass is 10.1. The number of amides is 1. The van der Waals surface area contributed by atoms with Gasteiger partial charge in [0.05, 0.1) is 5.56 Å². The first-order chi connectivity index (χ1) is 9.43. The molecule has 0 aliphatic rings. The maximum Gasteiger partial charge on any atom is 0.252 e. The molecule has 3 nitrogen and oxygen atoms in total. The lowest BCUT2D eigenvalue weighted by molar-refractivity contribution is 0.0951. The van der Waals surface area contributed by atoms with E-state index < -0.39 is 0 Å². The van der Waals surface area contributed by atoms with E-state index in [9.17, 15) is 4.79 Å². The van der Waals surface area contributed by atoms with Crippen LogP contribution in [0.25, 0.3) is 0 Å². The highest BCUT2D eigenvalue weighted by Crippen LogP contribution is 2.20. The molecule has 112 valence electrons. The van der Waals surface area contributed by atoms with Gasteiger partial charge >= 0.3 is 0 Å². The van der Waals surface area contributed by atoms with Gasteiger partial charge < -0.3 is 10.2 Å². The second-order valence-electron chi connectivity index (χ2n) is 5.47. The van der Waals surface area contributed by atoms with Crippen LogP contribution in [0, 0.1) is 6.92 Å². The Kier molecular flexibility index (Phi) is 7.24. The van der Waals surface area contributed by atoms with E-state index in [-0.39, 0.29) is 5.91 Å². The molecule has 0 atom stereocenters. The maximum atomic E-state index is 12.1. The fourth-order valence-electron chi connectivity index (χ4n) is 1.86. The lowest BCUT2D eigenvalue weighted by Crippen LogP contribution is -2.29. The smallest absolute Gasteiger partial charge is 0.252 e. The molecule has 1 amide bonds. The second kappa shape index (κ2) is 8.42. The largest absolute Gasteiger partial charge is 0.352 e. The van der Waals surface area contributed by atoms with Crippen LogP contribution in [0.3, 0.4) is 0 Å². The van der Waals surface area contributed by atoms with E-state index in [2.05, 4.69) is 47.0 Å². The Labute approximate surface area is 130 Å². The molecule has 1 aromatic carbocycles. The Balaban J connectivity index is 2.32. The first-order valence-electron chi connectivity index (χ1n) is 7.17. The van der Waals surface area contributed by atoms with Crippen LogP contribution < -0.4 is 5.32 Å². The van der Waals surface area contributed by atoms with Crippen molar-refractivity contribution in [3.8, 4) is 0 Å². The van der Waals surface area contributed by atoms with E-state index in [1.165, 1.54) is 0 Å². The first kappa shape index (κ1) is 17.2. The van der Waals surface area contributed by atoms with Gasteiger partial charge in [-0.25, -0.2) is 0 Å². The minimum Gasteiger partial charge on any atom is -0.352 e. The number of nitrogens with one attached hydrogen (secondary N) is 1. The molecule has 0 spiro atoms. The number of hydrogen-bond donors (Lipinski definition) is 1. The third kappa shape index (κ3) is 5.25. The summed E-state index contributed by atoms with van der Waals surface area (Å²) in [7, 11) is 2.13. The third-order valence-electron chi connectivity index (χ3n) is 3.54. The van der Waals surface area contributed by atoms with E-state index in [0.29, 0.717) is 11.6 Å². The molecule has 0 saturated heterocycles. The summed E-state index contributed by atoms with van der Waals surface area (Å²) in [6, 6.07) is 6.32. The number of carbonyl (C=O) groups is 1. The van der Waals surface area contributed by atoms with E-state index in [1.807, 2.05) is 25.1 Å². The molecule has 0 radical (unpaired) electrons. The molecule has 0 fully saturated rings. The summed E-state index contributed by atoms with van der Waals surface area (Å²) in [6.07, 6.45) is 2.11. The average Bonchev–Trinajstić information content (AvgIpc) is 2.40. The molecular formula is C16H25BrN2O. The molecule has 20 heavy (non-hydrogen) atoms. The van der Waals surface area contributed by atoms with Gasteiger partial charge in [0.15, 0.2) is 0 Å². The maximum absolute atomic E-state index is 12.1. The molecule has 0 unspecified atom stereocenters. The van der Waals surface area contributed by atoms with Gasteiger partial charge in [0, 0.05) is 17.1 Å². The lowest BCUT2D eigenvalue weighted by Gasteiger charge is -2.20. The molecule has 0 aromatic heterocycles. The number of hydrogen-bond acceptors (Lipinski definition) is 2. The Morgan fingerprint density at radius 1 is 1.35 bits per heavy atom. The molecule has 0 aliphatic carbocycles. The van der Waals surface area contributed by atoms with Crippen molar-refractivity contribution in [3.05, 3.63) is 33.8 Å². The van der Waals surface area contributed by atoms with Crippen LogP contribution >= 0.6 is 15.9 Å². The molecule has 0 aliphatic heterocycles. The van der Waals surface area contributed by atoms with Crippen LogP contribution in [0.2, 0.25) is 0 Å². The zero-order valence-corrected chi connectivity index (χ0v) is 14.5. The zero-order valence-electron chi connectivity index (χ0n) is 12.9. The predicted octanol–water partition coefficient (Wildman–Crippen LogP) is 3.61. The second-order valence-corrected chi connectivity index (χ2v) is 6.27. The van der Waals surface area contributed by atoms with Crippen molar-refractivity contribution >= 4 is 21.8 Å². The van der Waals surface area contributed by atoms with Crippen molar-refractivity contribution in [1.29, 1.82) is 0 Å².